The summed E-state index contributed by atoms with van der Waals surface area (Å²) in [7, 11) is 1.36. The Bertz CT molecular complexity index is 582. The molecule has 3 rings (SSSR count). The summed E-state index contributed by atoms with van der Waals surface area (Å²) < 4.78 is 32.9. The summed E-state index contributed by atoms with van der Waals surface area (Å²) in [6.07, 6.45) is 12.8. The molecule has 0 aliphatic heterocycles. The van der Waals surface area contributed by atoms with Crippen LogP contribution in [0.3, 0.4) is 0 Å². The quantitative estimate of drug-likeness (QED) is 0.566. The fraction of sp³-hybridized carbons (Fsp3) is 0.636. The molecule has 138 valence electrons. The van der Waals surface area contributed by atoms with E-state index in [1.165, 1.54) is 51.7 Å². The fourth-order valence-corrected chi connectivity index (χ4v) is 4.91. The maximum Gasteiger partial charge on any atom is 0.200 e. The molecule has 2 aliphatic rings. The first kappa shape index (κ1) is 18.4. The number of methoxy groups -OCH3 is 1. The summed E-state index contributed by atoms with van der Waals surface area (Å²) >= 11 is 0. The summed E-state index contributed by atoms with van der Waals surface area (Å²) in [6.45, 7) is 3.93. The van der Waals surface area contributed by atoms with Crippen molar-refractivity contribution in [2.24, 2.45) is 23.7 Å². The van der Waals surface area contributed by atoms with Crippen LogP contribution in [0.5, 0.6) is 5.75 Å². The third-order valence-electron chi connectivity index (χ3n) is 6.56. The van der Waals surface area contributed by atoms with Crippen molar-refractivity contribution in [2.45, 2.75) is 57.8 Å². The van der Waals surface area contributed by atoms with Crippen LogP contribution in [0.4, 0.5) is 8.78 Å². The van der Waals surface area contributed by atoms with Crippen molar-refractivity contribution in [2.75, 3.05) is 7.11 Å². The highest BCUT2D eigenvalue weighted by atomic mass is 19.2. The minimum absolute atomic E-state index is 0.0138. The van der Waals surface area contributed by atoms with E-state index in [9.17, 15) is 8.78 Å². The zero-order valence-electron chi connectivity index (χ0n) is 15.3. The van der Waals surface area contributed by atoms with Gasteiger partial charge in [-0.2, -0.15) is 4.39 Å². The van der Waals surface area contributed by atoms with Gasteiger partial charge in [0.2, 0.25) is 5.82 Å². The molecule has 0 radical (unpaired) electrons. The second-order valence-electron chi connectivity index (χ2n) is 7.95. The molecule has 1 aromatic carbocycles. The van der Waals surface area contributed by atoms with Crippen molar-refractivity contribution in [3.05, 3.63) is 42.0 Å². The van der Waals surface area contributed by atoms with Gasteiger partial charge < -0.3 is 4.74 Å². The highest BCUT2D eigenvalue weighted by Gasteiger charge is 2.30. The summed E-state index contributed by atoms with van der Waals surface area (Å²) in [5.74, 6) is 1.30. The predicted molar refractivity (Wildman–Crippen MR) is 97.7 cm³/mol. The molecule has 25 heavy (non-hydrogen) atoms. The summed E-state index contributed by atoms with van der Waals surface area (Å²) in [5.41, 5.74) is 0.494. The molecule has 0 saturated heterocycles. The molecule has 0 spiro atoms. The summed E-state index contributed by atoms with van der Waals surface area (Å²) in [6, 6.07) is 3.22. The van der Waals surface area contributed by atoms with Crippen LogP contribution in [0.2, 0.25) is 0 Å². The first-order valence-electron chi connectivity index (χ1n) is 9.75. The third kappa shape index (κ3) is 4.24. The fourth-order valence-electron chi connectivity index (χ4n) is 4.91. The van der Waals surface area contributed by atoms with Crippen molar-refractivity contribution < 1.29 is 13.5 Å². The van der Waals surface area contributed by atoms with Gasteiger partial charge in [-0.1, -0.05) is 12.1 Å². The lowest BCUT2D eigenvalue weighted by atomic mass is 9.68. The Kier molecular flexibility index (Phi) is 6.14. The second kappa shape index (κ2) is 8.33. The van der Waals surface area contributed by atoms with Crippen LogP contribution in [0.1, 0.15) is 56.9 Å². The average molecular weight is 348 g/mol. The molecule has 2 fully saturated rings. The molecule has 0 N–H and O–H groups in total. The molecular formula is C22H30F2O. The first-order chi connectivity index (χ1) is 12.1. The lowest BCUT2D eigenvalue weighted by Gasteiger charge is -2.37. The Labute approximate surface area is 150 Å². The van der Waals surface area contributed by atoms with Gasteiger partial charge in [-0.05, 0) is 93.1 Å². The standard InChI is InChI=1S/C22H30F2O/c1-3-15-4-8-17(9-5-15)18-10-6-16(7-11-18)14-19-12-13-20(25-2)22(24)21(19)23/h3,12-13,15-18H,1,4-11,14H2,2H3. The van der Waals surface area contributed by atoms with Crippen molar-refractivity contribution in [1.82, 2.24) is 0 Å². The molecule has 0 atom stereocenters. The maximum atomic E-state index is 14.2. The normalized spacial score (nSPS) is 30.0. The lowest BCUT2D eigenvalue weighted by Crippen LogP contribution is -2.26. The minimum atomic E-state index is -0.854. The van der Waals surface area contributed by atoms with Gasteiger partial charge in [-0.25, -0.2) is 4.39 Å². The van der Waals surface area contributed by atoms with E-state index in [0.29, 0.717) is 17.9 Å². The molecule has 0 aromatic heterocycles. The minimum Gasteiger partial charge on any atom is -0.494 e. The first-order valence-corrected chi connectivity index (χ1v) is 9.75. The molecule has 1 aromatic rings. The van der Waals surface area contributed by atoms with Gasteiger partial charge in [0, 0.05) is 0 Å². The van der Waals surface area contributed by atoms with Crippen LogP contribution < -0.4 is 4.74 Å². The lowest BCUT2D eigenvalue weighted by molar-refractivity contribution is 0.155. The van der Waals surface area contributed by atoms with Crippen LogP contribution >= 0.6 is 0 Å². The number of rotatable bonds is 5. The molecule has 2 saturated carbocycles. The van der Waals surface area contributed by atoms with Crippen LogP contribution in [-0.4, -0.2) is 7.11 Å². The van der Waals surface area contributed by atoms with Crippen molar-refractivity contribution in [3.8, 4) is 5.75 Å². The highest BCUT2D eigenvalue weighted by molar-refractivity contribution is 5.31. The van der Waals surface area contributed by atoms with Crippen molar-refractivity contribution >= 4 is 0 Å². The van der Waals surface area contributed by atoms with E-state index >= 15 is 0 Å². The van der Waals surface area contributed by atoms with Gasteiger partial charge in [0.25, 0.3) is 0 Å². The number of allylic oxidation sites excluding steroid dienone is 1. The van der Waals surface area contributed by atoms with Crippen LogP contribution in [0.15, 0.2) is 24.8 Å². The van der Waals surface area contributed by atoms with Crippen molar-refractivity contribution in [1.29, 1.82) is 0 Å². The van der Waals surface area contributed by atoms with E-state index < -0.39 is 11.6 Å². The van der Waals surface area contributed by atoms with Crippen molar-refractivity contribution in [3.63, 3.8) is 0 Å². The predicted octanol–water partition coefficient (Wildman–Crippen LogP) is 6.31. The van der Waals surface area contributed by atoms with Gasteiger partial charge in [0.15, 0.2) is 11.6 Å². The summed E-state index contributed by atoms with van der Waals surface area (Å²) in [4.78, 5) is 0. The van der Waals surface area contributed by atoms with Gasteiger partial charge in [0.05, 0.1) is 7.11 Å². The molecule has 0 unspecified atom stereocenters. The Hall–Kier alpha value is -1.38. The number of halogens is 2. The molecular weight excluding hydrogens is 318 g/mol. The summed E-state index contributed by atoms with van der Waals surface area (Å²) in [5, 5.41) is 0. The Morgan fingerprint density at radius 1 is 0.960 bits per heavy atom. The van der Waals surface area contributed by atoms with E-state index in [2.05, 4.69) is 12.7 Å². The monoisotopic (exact) mass is 348 g/mol. The highest BCUT2D eigenvalue weighted by Crippen LogP contribution is 2.42. The Balaban J connectivity index is 1.51. The van der Waals surface area contributed by atoms with Crippen LogP contribution in [0, 0.1) is 35.3 Å². The second-order valence-corrected chi connectivity index (χ2v) is 7.95. The van der Waals surface area contributed by atoms with Gasteiger partial charge >= 0.3 is 0 Å². The van der Waals surface area contributed by atoms with Gasteiger partial charge in [-0.3, -0.25) is 0 Å². The SMILES string of the molecule is C=CC1CCC(C2CCC(Cc3ccc(OC)c(F)c3F)CC2)CC1. The smallest absolute Gasteiger partial charge is 0.200 e. The molecule has 0 amide bonds. The number of hydrogen-bond donors (Lipinski definition) is 0. The number of ether oxygens (including phenoxy) is 1. The van der Waals surface area contributed by atoms with E-state index in [0.717, 1.165) is 30.6 Å². The van der Waals surface area contributed by atoms with E-state index in [1.54, 1.807) is 6.07 Å². The van der Waals surface area contributed by atoms with Gasteiger partial charge in [-0.15, -0.1) is 6.58 Å². The van der Waals surface area contributed by atoms with Crippen LogP contribution in [-0.2, 0) is 6.42 Å². The number of hydrogen-bond acceptors (Lipinski definition) is 1. The Morgan fingerprint density at radius 2 is 1.56 bits per heavy atom. The van der Waals surface area contributed by atoms with E-state index in [1.807, 2.05) is 0 Å². The maximum absolute atomic E-state index is 14.2. The topological polar surface area (TPSA) is 9.23 Å². The number of benzene rings is 1. The zero-order chi connectivity index (χ0) is 17.8. The molecule has 3 heteroatoms. The largest absolute Gasteiger partial charge is 0.494 e. The van der Waals surface area contributed by atoms with Gasteiger partial charge in [0.1, 0.15) is 0 Å². The van der Waals surface area contributed by atoms with E-state index in [4.69, 9.17) is 4.74 Å². The molecule has 0 bridgehead atoms. The molecule has 0 heterocycles. The third-order valence-corrected chi connectivity index (χ3v) is 6.56. The average Bonchev–Trinajstić information content (AvgIpc) is 2.66. The molecule has 1 nitrogen and oxygen atoms in total. The van der Waals surface area contributed by atoms with Crippen LogP contribution in [0.25, 0.3) is 0 Å². The Morgan fingerprint density at radius 3 is 2.12 bits per heavy atom. The zero-order valence-corrected chi connectivity index (χ0v) is 15.3. The van der Waals surface area contributed by atoms with E-state index in [-0.39, 0.29) is 5.75 Å². The molecule has 2 aliphatic carbocycles.